The molecule has 0 atom stereocenters. The number of hydrogen-bond acceptors (Lipinski definition) is 5. The first-order valence-corrected chi connectivity index (χ1v) is 12.0. The Labute approximate surface area is 210 Å². The Balaban J connectivity index is 1.30. The number of nitrogens with zero attached hydrogens (tertiary/aromatic N) is 3. The van der Waals surface area contributed by atoms with Gasteiger partial charge in [0.05, 0.1) is 5.69 Å². The van der Waals surface area contributed by atoms with Crippen molar-refractivity contribution in [3.8, 4) is 0 Å². The van der Waals surface area contributed by atoms with Gasteiger partial charge in [-0.3, -0.25) is 24.1 Å². The highest BCUT2D eigenvalue weighted by atomic mass is 16.2. The number of anilines is 1. The predicted molar refractivity (Wildman–Crippen MR) is 138 cm³/mol. The van der Waals surface area contributed by atoms with Crippen LogP contribution < -0.4 is 10.6 Å². The smallest absolute Gasteiger partial charge is 0.267 e. The molecule has 1 aromatic heterocycles. The molecule has 0 saturated heterocycles. The van der Waals surface area contributed by atoms with E-state index in [-0.39, 0.29) is 36.6 Å². The van der Waals surface area contributed by atoms with E-state index in [0.717, 1.165) is 18.4 Å². The first-order chi connectivity index (χ1) is 17.3. The molecule has 9 nitrogen and oxygen atoms in total. The second-order valence-corrected chi connectivity index (χ2v) is 9.26. The highest BCUT2D eigenvalue weighted by molar-refractivity contribution is 6.25. The number of rotatable bonds is 10. The van der Waals surface area contributed by atoms with Crippen LogP contribution in [0.15, 0.2) is 48.7 Å². The highest BCUT2D eigenvalue weighted by Crippen LogP contribution is 2.30. The standard InChI is InChI=1S/C27H31N5O4/c1-30(2)14-7-13-28-25(34)22-16-19(17-31(22)3)29-23(33)12-6-15-32-26(35)20-10-4-8-18-9-5-11-21(24(18)20)27(32)36/h4-5,8-11,16-17H,6-7,12-15H2,1-3H3,(H,28,34)(H,29,33). The van der Waals surface area contributed by atoms with Crippen LogP contribution in [0.3, 0.4) is 0 Å². The van der Waals surface area contributed by atoms with E-state index in [2.05, 4.69) is 15.5 Å². The fourth-order valence-corrected chi connectivity index (χ4v) is 4.45. The Kier molecular flexibility index (Phi) is 7.49. The zero-order chi connectivity index (χ0) is 25.8. The summed E-state index contributed by atoms with van der Waals surface area (Å²) < 4.78 is 1.67. The van der Waals surface area contributed by atoms with Gasteiger partial charge in [-0.15, -0.1) is 0 Å². The molecular formula is C27H31N5O4. The Hall–Kier alpha value is -3.98. The maximum absolute atomic E-state index is 13.0. The number of amides is 4. The van der Waals surface area contributed by atoms with E-state index < -0.39 is 0 Å². The van der Waals surface area contributed by atoms with Gasteiger partial charge in [-0.1, -0.05) is 24.3 Å². The van der Waals surface area contributed by atoms with Crippen molar-refractivity contribution in [1.29, 1.82) is 0 Å². The lowest BCUT2D eigenvalue weighted by molar-refractivity contribution is -0.116. The summed E-state index contributed by atoms with van der Waals surface area (Å²) in [7, 11) is 5.71. The van der Waals surface area contributed by atoms with Crippen LogP contribution in [0.4, 0.5) is 5.69 Å². The molecule has 9 heteroatoms. The summed E-state index contributed by atoms with van der Waals surface area (Å²) in [5.74, 6) is -1.13. The normalized spacial score (nSPS) is 12.9. The molecule has 0 unspecified atom stereocenters. The van der Waals surface area contributed by atoms with Crippen LogP contribution in [-0.4, -0.2) is 71.7 Å². The van der Waals surface area contributed by atoms with Crippen molar-refractivity contribution < 1.29 is 19.2 Å². The average molecular weight is 490 g/mol. The first kappa shape index (κ1) is 25.1. The maximum atomic E-state index is 13.0. The molecule has 36 heavy (non-hydrogen) atoms. The van der Waals surface area contributed by atoms with Gasteiger partial charge in [0.15, 0.2) is 0 Å². The van der Waals surface area contributed by atoms with E-state index in [9.17, 15) is 19.2 Å². The zero-order valence-corrected chi connectivity index (χ0v) is 20.8. The van der Waals surface area contributed by atoms with Gasteiger partial charge < -0.3 is 20.1 Å². The summed E-state index contributed by atoms with van der Waals surface area (Å²) in [4.78, 5) is 54.2. The van der Waals surface area contributed by atoms with Crippen molar-refractivity contribution in [3.63, 3.8) is 0 Å². The van der Waals surface area contributed by atoms with E-state index in [1.165, 1.54) is 4.90 Å². The van der Waals surface area contributed by atoms with Crippen LogP contribution in [0.25, 0.3) is 10.8 Å². The van der Waals surface area contributed by atoms with E-state index >= 15 is 0 Å². The third-order valence-corrected chi connectivity index (χ3v) is 6.23. The first-order valence-electron chi connectivity index (χ1n) is 12.0. The minimum Gasteiger partial charge on any atom is -0.351 e. The number of aromatic nitrogens is 1. The van der Waals surface area contributed by atoms with E-state index in [0.29, 0.717) is 40.9 Å². The third-order valence-electron chi connectivity index (χ3n) is 6.23. The molecule has 2 N–H and O–H groups in total. The third kappa shape index (κ3) is 5.31. The Bertz CT molecular complexity index is 1280. The number of carbonyl (C=O) groups is 4. The van der Waals surface area contributed by atoms with Crippen LogP contribution >= 0.6 is 0 Å². The molecule has 2 aromatic carbocycles. The largest absolute Gasteiger partial charge is 0.351 e. The van der Waals surface area contributed by atoms with Gasteiger partial charge in [-0.2, -0.15) is 0 Å². The van der Waals surface area contributed by atoms with Gasteiger partial charge in [0, 0.05) is 49.3 Å². The number of benzene rings is 2. The predicted octanol–water partition coefficient (Wildman–Crippen LogP) is 2.87. The topological polar surface area (TPSA) is 104 Å². The van der Waals surface area contributed by atoms with Crippen molar-refractivity contribution in [3.05, 3.63) is 65.5 Å². The Morgan fingerprint density at radius 2 is 1.64 bits per heavy atom. The second kappa shape index (κ2) is 10.7. The average Bonchev–Trinajstić information content (AvgIpc) is 3.21. The Morgan fingerprint density at radius 3 is 2.28 bits per heavy atom. The summed E-state index contributed by atoms with van der Waals surface area (Å²) >= 11 is 0. The van der Waals surface area contributed by atoms with Crippen LogP contribution in [0.5, 0.6) is 0 Å². The van der Waals surface area contributed by atoms with E-state index in [1.807, 2.05) is 26.2 Å². The number of aryl methyl sites for hydroxylation is 1. The second-order valence-electron chi connectivity index (χ2n) is 9.26. The van der Waals surface area contributed by atoms with Crippen molar-refractivity contribution in [2.45, 2.75) is 19.3 Å². The van der Waals surface area contributed by atoms with Gasteiger partial charge in [0.1, 0.15) is 5.69 Å². The molecule has 1 aliphatic heterocycles. The minimum atomic E-state index is -0.339. The number of hydrogen-bond donors (Lipinski definition) is 2. The monoisotopic (exact) mass is 489 g/mol. The molecule has 0 saturated carbocycles. The lowest BCUT2D eigenvalue weighted by Gasteiger charge is -2.27. The summed E-state index contributed by atoms with van der Waals surface area (Å²) in [6.45, 7) is 1.59. The van der Waals surface area contributed by atoms with Crippen LogP contribution in [0, 0.1) is 0 Å². The molecule has 188 valence electrons. The van der Waals surface area contributed by atoms with Gasteiger partial charge in [-0.05, 0) is 57.1 Å². The fourth-order valence-electron chi connectivity index (χ4n) is 4.45. The maximum Gasteiger partial charge on any atom is 0.267 e. The van der Waals surface area contributed by atoms with E-state index in [1.54, 1.807) is 48.1 Å². The van der Waals surface area contributed by atoms with Crippen molar-refractivity contribution in [1.82, 2.24) is 19.7 Å². The quantitative estimate of drug-likeness (QED) is 0.337. The summed E-state index contributed by atoms with van der Waals surface area (Å²) in [6.07, 6.45) is 2.98. The number of carbonyl (C=O) groups excluding carboxylic acids is 4. The summed E-state index contributed by atoms with van der Waals surface area (Å²) in [6, 6.07) is 12.5. The lowest BCUT2D eigenvalue weighted by Crippen LogP contribution is -2.41. The van der Waals surface area contributed by atoms with Gasteiger partial charge in [0.25, 0.3) is 17.7 Å². The van der Waals surface area contributed by atoms with Crippen molar-refractivity contribution in [2.24, 2.45) is 7.05 Å². The molecule has 2 heterocycles. The molecule has 0 bridgehead atoms. The Morgan fingerprint density at radius 1 is 0.972 bits per heavy atom. The zero-order valence-electron chi connectivity index (χ0n) is 20.8. The van der Waals surface area contributed by atoms with Crippen molar-refractivity contribution in [2.75, 3.05) is 39.0 Å². The molecule has 0 aliphatic carbocycles. The number of imide groups is 1. The lowest BCUT2D eigenvalue weighted by atomic mass is 9.94. The highest BCUT2D eigenvalue weighted by Gasteiger charge is 2.32. The SMILES string of the molecule is CN(C)CCCNC(=O)c1cc(NC(=O)CCCN2C(=O)c3cccc4cccc(c34)C2=O)cn1C. The fraction of sp³-hybridized carbons (Fsp3) is 0.333. The molecule has 0 radical (unpaired) electrons. The van der Waals surface area contributed by atoms with Crippen LogP contribution in [-0.2, 0) is 11.8 Å². The van der Waals surface area contributed by atoms with Crippen LogP contribution in [0.1, 0.15) is 50.5 Å². The van der Waals surface area contributed by atoms with Gasteiger partial charge in [-0.25, -0.2) is 0 Å². The molecule has 4 amide bonds. The molecule has 0 fully saturated rings. The molecule has 1 aliphatic rings. The van der Waals surface area contributed by atoms with Crippen LogP contribution in [0.2, 0.25) is 0 Å². The summed E-state index contributed by atoms with van der Waals surface area (Å²) in [5.41, 5.74) is 1.98. The number of nitrogens with one attached hydrogen (secondary N) is 2. The molecule has 0 spiro atoms. The van der Waals surface area contributed by atoms with Gasteiger partial charge >= 0.3 is 0 Å². The van der Waals surface area contributed by atoms with E-state index in [4.69, 9.17) is 0 Å². The van der Waals surface area contributed by atoms with Gasteiger partial charge in [0.2, 0.25) is 5.91 Å². The molecule has 4 rings (SSSR count). The van der Waals surface area contributed by atoms with Crippen molar-refractivity contribution >= 4 is 40.1 Å². The molecular weight excluding hydrogens is 458 g/mol. The minimum absolute atomic E-state index is 0.129. The summed E-state index contributed by atoms with van der Waals surface area (Å²) in [5, 5.41) is 7.23. The molecule has 3 aromatic rings.